The van der Waals surface area contributed by atoms with Crippen molar-refractivity contribution in [3.8, 4) is 0 Å². The van der Waals surface area contributed by atoms with Crippen LogP contribution < -0.4 is 0 Å². The minimum absolute atomic E-state index is 0.210. The van der Waals surface area contributed by atoms with Crippen molar-refractivity contribution in [3.05, 3.63) is 59.7 Å². The maximum absolute atomic E-state index is 12.9. The molecule has 2 rings (SSSR count). The summed E-state index contributed by atoms with van der Waals surface area (Å²) < 4.78 is 56.5. The second-order valence-corrected chi connectivity index (χ2v) is 5.27. The molecule has 0 aliphatic heterocycles. The fourth-order valence-electron chi connectivity index (χ4n) is 1.25. The number of halogens is 4. The molecule has 0 bridgehead atoms. The minimum Gasteiger partial charge on any atom is -0.237 e. The zero-order valence-corrected chi connectivity index (χ0v) is 10.8. The Morgan fingerprint density at radius 3 is 1.21 bits per heavy atom. The van der Waals surface area contributed by atoms with Gasteiger partial charge in [0.05, 0.1) is 0 Å². The summed E-state index contributed by atoms with van der Waals surface area (Å²) in [6.07, 6.45) is 0. The average molecular weight is 306 g/mol. The lowest BCUT2D eigenvalue weighted by molar-refractivity contribution is 0.576. The van der Waals surface area contributed by atoms with Crippen LogP contribution in [0.5, 0.6) is 0 Å². The summed E-state index contributed by atoms with van der Waals surface area (Å²) in [5, 5.41) is 0. The molecule has 2 aromatic rings. The maximum atomic E-state index is 12.9. The Balaban J connectivity index is 1.96. The summed E-state index contributed by atoms with van der Waals surface area (Å²) in [6, 6.07) is 5.81. The Labute approximate surface area is 115 Å². The molecule has 0 aromatic heterocycles. The van der Waals surface area contributed by atoms with Crippen LogP contribution in [0.1, 0.15) is 0 Å². The molecule has 0 aliphatic carbocycles. The van der Waals surface area contributed by atoms with Crippen LogP contribution in [-0.2, 0) is 3.63 Å². The van der Waals surface area contributed by atoms with Gasteiger partial charge in [-0.2, -0.15) is 0 Å². The van der Waals surface area contributed by atoms with Gasteiger partial charge in [0.25, 0.3) is 0 Å². The van der Waals surface area contributed by atoms with E-state index in [0.717, 1.165) is 36.4 Å². The first-order valence-corrected chi connectivity index (χ1v) is 6.44. The van der Waals surface area contributed by atoms with Crippen LogP contribution in [0.2, 0.25) is 0 Å². The lowest BCUT2D eigenvalue weighted by Gasteiger charge is -2.02. The number of benzene rings is 2. The first-order chi connectivity index (χ1) is 9.02. The van der Waals surface area contributed by atoms with Crippen LogP contribution >= 0.6 is 24.1 Å². The second kappa shape index (κ2) is 6.31. The zero-order valence-electron chi connectivity index (χ0n) is 9.20. The van der Waals surface area contributed by atoms with Crippen molar-refractivity contribution in [1.82, 2.24) is 0 Å². The third kappa shape index (κ3) is 4.45. The molecule has 0 fully saturated rings. The fourth-order valence-corrected chi connectivity index (χ4v) is 2.66. The SMILES string of the molecule is Fc1cc(F)cc(SOSc2cc(F)cc(F)c2)c1. The van der Waals surface area contributed by atoms with E-state index in [1.807, 2.05) is 0 Å². The summed E-state index contributed by atoms with van der Waals surface area (Å²) in [7, 11) is 0. The summed E-state index contributed by atoms with van der Waals surface area (Å²) in [5.41, 5.74) is 0. The Kier molecular flexibility index (Phi) is 4.73. The summed E-state index contributed by atoms with van der Waals surface area (Å²) >= 11 is 1.39. The highest BCUT2D eigenvalue weighted by Crippen LogP contribution is 2.31. The third-order valence-corrected chi connectivity index (χ3v) is 3.33. The van der Waals surface area contributed by atoms with Crippen LogP contribution in [0, 0.1) is 23.3 Å². The topological polar surface area (TPSA) is 9.23 Å². The van der Waals surface area contributed by atoms with Crippen LogP contribution in [0.25, 0.3) is 0 Å². The smallest absolute Gasteiger partial charge is 0.127 e. The largest absolute Gasteiger partial charge is 0.237 e. The van der Waals surface area contributed by atoms with Crippen molar-refractivity contribution in [1.29, 1.82) is 0 Å². The van der Waals surface area contributed by atoms with Crippen LogP contribution in [0.15, 0.2) is 46.2 Å². The molecule has 0 atom stereocenters. The van der Waals surface area contributed by atoms with Crippen molar-refractivity contribution in [2.45, 2.75) is 9.79 Å². The molecule has 0 N–H and O–H groups in total. The quantitative estimate of drug-likeness (QED) is 0.583. The molecule has 0 saturated carbocycles. The van der Waals surface area contributed by atoms with Crippen molar-refractivity contribution in [2.75, 3.05) is 0 Å². The standard InChI is InChI=1S/C12H6F4OS2/c13-7-1-8(14)4-11(3-7)18-17-19-12-5-9(15)2-10(16)6-12/h1-6H. The highest BCUT2D eigenvalue weighted by atomic mass is 32.2. The van der Waals surface area contributed by atoms with Crippen LogP contribution in [0.3, 0.4) is 0 Å². The van der Waals surface area contributed by atoms with Gasteiger partial charge in [0.2, 0.25) is 0 Å². The van der Waals surface area contributed by atoms with Gasteiger partial charge < -0.3 is 0 Å². The average Bonchev–Trinajstić information content (AvgIpc) is 2.26. The van der Waals surface area contributed by atoms with E-state index in [2.05, 4.69) is 0 Å². The maximum Gasteiger partial charge on any atom is 0.127 e. The molecule has 0 unspecified atom stereocenters. The molecule has 0 amide bonds. The van der Waals surface area contributed by atoms with Gasteiger partial charge in [-0.05, 0) is 24.3 Å². The van der Waals surface area contributed by atoms with Gasteiger partial charge >= 0.3 is 0 Å². The van der Waals surface area contributed by atoms with E-state index in [-0.39, 0.29) is 9.79 Å². The number of hydrogen-bond donors (Lipinski definition) is 0. The first-order valence-electron chi connectivity index (χ1n) is 4.96. The van der Waals surface area contributed by atoms with Crippen molar-refractivity contribution < 1.29 is 21.2 Å². The summed E-state index contributed by atoms with van der Waals surface area (Å²) in [5.74, 6) is -2.92. The van der Waals surface area contributed by atoms with E-state index in [0.29, 0.717) is 24.1 Å². The predicted molar refractivity (Wildman–Crippen MR) is 65.5 cm³/mol. The fraction of sp³-hybridized carbons (Fsp3) is 0. The molecule has 0 radical (unpaired) electrons. The van der Waals surface area contributed by atoms with Crippen molar-refractivity contribution >= 4 is 24.1 Å². The second-order valence-electron chi connectivity index (χ2n) is 3.45. The van der Waals surface area contributed by atoms with Crippen LogP contribution in [-0.4, -0.2) is 0 Å². The lowest BCUT2D eigenvalue weighted by Crippen LogP contribution is -1.83. The first kappa shape index (κ1) is 14.2. The third-order valence-electron chi connectivity index (χ3n) is 1.93. The van der Waals surface area contributed by atoms with E-state index < -0.39 is 23.3 Å². The molecular weight excluding hydrogens is 300 g/mol. The van der Waals surface area contributed by atoms with Crippen molar-refractivity contribution in [3.63, 3.8) is 0 Å². The van der Waals surface area contributed by atoms with Gasteiger partial charge in [-0.3, -0.25) is 0 Å². The highest BCUT2D eigenvalue weighted by molar-refractivity contribution is 8.07. The molecule has 0 saturated heterocycles. The molecule has 0 spiro atoms. The van der Waals surface area contributed by atoms with Gasteiger partial charge in [0.1, 0.15) is 23.3 Å². The molecule has 0 aliphatic rings. The zero-order chi connectivity index (χ0) is 13.8. The molecule has 100 valence electrons. The minimum atomic E-state index is -0.729. The van der Waals surface area contributed by atoms with E-state index >= 15 is 0 Å². The van der Waals surface area contributed by atoms with Crippen molar-refractivity contribution in [2.24, 2.45) is 0 Å². The normalized spacial score (nSPS) is 10.7. The molecule has 0 heterocycles. The molecule has 19 heavy (non-hydrogen) atoms. The Morgan fingerprint density at radius 2 is 0.895 bits per heavy atom. The summed E-state index contributed by atoms with van der Waals surface area (Å²) in [6.45, 7) is 0. The predicted octanol–water partition coefficient (Wildman–Crippen LogP) is 4.97. The van der Waals surface area contributed by atoms with E-state index in [1.165, 1.54) is 0 Å². The molecule has 7 heteroatoms. The lowest BCUT2D eigenvalue weighted by atomic mass is 10.3. The Bertz CT molecular complexity index is 500. The molecular formula is C12H6F4OS2. The van der Waals surface area contributed by atoms with Gasteiger partial charge in [-0.15, -0.1) is 0 Å². The number of rotatable bonds is 4. The molecule has 1 nitrogen and oxygen atoms in total. The van der Waals surface area contributed by atoms with Gasteiger partial charge in [-0.25, -0.2) is 21.2 Å². The molecule has 2 aromatic carbocycles. The van der Waals surface area contributed by atoms with Gasteiger partial charge in [-0.1, -0.05) is 0 Å². The Hall–Kier alpha value is -1.18. The van der Waals surface area contributed by atoms with Crippen LogP contribution in [0.4, 0.5) is 17.6 Å². The summed E-state index contributed by atoms with van der Waals surface area (Å²) in [4.78, 5) is 0.420. The van der Waals surface area contributed by atoms with Gasteiger partial charge in [0, 0.05) is 46.0 Å². The van der Waals surface area contributed by atoms with E-state index in [9.17, 15) is 17.6 Å². The van der Waals surface area contributed by atoms with E-state index in [1.54, 1.807) is 0 Å². The van der Waals surface area contributed by atoms with E-state index in [4.69, 9.17) is 3.63 Å². The Morgan fingerprint density at radius 1 is 0.579 bits per heavy atom. The highest BCUT2D eigenvalue weighted by Gasteiger charge is 2.05. The number of hydrogen-bond acceptors (Lipinski definition) is 3. The monoisotopic (exact) mass is 306 g/mol. The van der Waals surface area contributed by atoms with Gasteiger partial charge in [0.15, 0.2) is 0 Å².